The zero-order valence-corrected chi connectivity index (χ0v) is 13.8. The summed E-state index contributed by atoms with van der Waals surface area (Å²) in [4.78, 5) is 15.8. The molecular weight excluding hydrogens is 294 g/mol. The average molecular weight is 315 g/mol. The van der Waals surface area contributed by atoms with Crippen LogP contribution in [0.3, 0.4) is 0 Å². The Hall–Kier alpha value is -1.65. The molecule has 0 fully saturated rings. The molecule has 0 radical (unpaired) electrons. The van der Waals surface area contributed by atoms with Gasteiger partial charge in [0, 0.05) is 18.3 Å². The van der Waals surface area contributed by atoms with Gasteiger partial charge < -0.3 is 9.64 Å². The van der Waals surface area contributed by atoms with Gasteiger partial charge in [-0.2, -0.15) is 0 Å². The molecule has 2 atom stereocenters. The average Bonchev–Trinajstić information content (AvgIpc) is 3.04. The van der Waals surface area contributed by atoms with Gasteiger partial charge in [-0.1, -0.05) is 30.3 Å². The second-order valence-electron chi connectivity index (χ2n) is 5.70. The van der Waals surface area contributed by atoms with Crippen molar-refractivity contribution in [2.24, 2.45) is 0 Å². The van der Waals surface area contributed by atoms with Crippen LogP contribution < -0.4 is 0 Å². The second-order valence-corrected chi connectivity index (χ2v) is 6.70. The quantitative estimate of drug-likeness (QED) is 0.854. The first-order chi connectivity index (χ1) is 10.7. The first kappa shape index (κ1) is 15.3. The zero-order chi connectivity index (χ0) is 15.5. The Bertz CT molecular complexity index is 638. The summed E-state index contributed by atoms with van der Waals surface area (Å²) in [6.45, 7) is 2.77. The lowest BCUT2D eigenvalue weighted by Gasteiger charge is -2.29. The summed E-state index contributed by atoms with van der Waals surface area (Å²) in [6, 6.07) is 12.3. The van der Waals surface area contributed by atoms with Gasteiger partial charge in [0.1, 0.15) is 0 Å². The number of benzene rings is 1. The first-order valence-corrected chi connectivity index (χ1v) is 8.53. The minimum absolute atomic E-state index is 0.0687. The Morgan fingerprint density at radius 1 is 1.36 bits per heavy atom. The fraction of sp³-hybridized carbons (Fsp3) is 0.389. The summed E-state index contributed by atoms with van der Waals surface area (Å²) < 4.78 is 5.83. The smallest absolute Gasteiger partial charge is 0.225 e. The van der Waals surface area contributed by atoms with E-state index in [-0.39, 0.29) is 18.1 Å². The molecule has 1 amide bonds. The van der Waals surface area contributed by atoms with Crippen LogP contribution in [0, 0.1) is 0 Å². The molecule has 0 saturated carbocycles. The van der Waals surface area contributed by atoms with E-state index in [9.17, 15) is 4.79 Å². The predicted octanol–water partition coefficient (Wildman–Crippen LogP) is 3.97. The highest BCUT2D eigenvalue weighted by Gasteiger charge is 2.27. The molecule has 1 aromatic carbocycles. The third-order valence-electron chi connectivity index (χ3n) is 4.39. The van der Waals surface area contributed by atoms with Crippen molar-refractivity contribution in [3.63, 3.8) is 0 Å². The first-order valence-electron chi connectivity index (χ1n) is 7.65. The topological polar surface area (TPSA) is 29.5 Å². The number of fused-ring (bicyclic) bond motifs is 1. The molecule has 0 saturated heterocycles. The van der Waals surface area contributed by atoms with E-state index in [1.807, 2.05) is 30.1 Å². The van der Waals surface area contributed by atoms with Gasteiger partial charge in [-0.05, 0) is 29.5 Å². The van der Waals surface area contributed by atoms with Crippen LogP contribution in [0.2, 0.25) is 0 Å². The lowest BCUT2D eigenvalue weighted by molar-refractivity contribution is -0.135. The molecule has 0 spiro atoms. The lowest BCUT2D eigenvalue weighted by atomic mass is 10.0. The van der Waals surface area contributed by atoms with Crippen LogP contribution in [-0.2, 0) is 16.0 Å². The molecule has 0 N–H and O–H groups in total. The van der Waals surface area contributed by atoms with E-state index in [0.29, 0.717) is 13.0 Å². The fourth-order valence-corrected chi connectivity index (χ4v) is 3.78. The molecule has 1 aliphatic rings. The Kier molecular flexibility index (Phi) is 4.60. The monoisotopic (exact) mass is 315 g/mol. The molecule has 2 heterocycles. The maximum atomic E-state index is 12.6. The van der Waals surface area contributed by atoms with Gasteiger partial charge in [0.2, 0.25) is 5.91 Å². The van der Waals surface area contributed by atoms with E-state index in [0.717, 1.165) is 12.0 Å². The van der Waals surface area contributed by atoms with E-state index < -0.39 is 0 Å². The van der Waals surface area contributed by atoms with E-state index in [2.05, 4.69) is 30.5 Å². The summed E-state index contributed by atoms with van der Waals surface area (Å²) >= 11 is 1.76. The molecule has 116 valence electrons. The third-order valence-corrected chi connectivity index (χ3v) is 5.39. The van der Waals surface area contributed by atoms with E-state index in [1.54, 1.807) is 11.3 Å². The molecule has 22 heavy (non-hydrogen) atoms. The Balaban J connectivity index is 1.68. The van der Waals surface area contributed by atoms with Gasteiger partial charge in [0.05, 0.1) is 25.2 Å². The summed E-state index contributed by atoms with van der Waals surface area (Å²) in [6.07, 6.45) is 1.29. The summed E-state index contributed by atoms with van der Waals surface area (Å²) in [5, 5.41) is 2.09. The predicted molar refractivity (Wildman–Crippen MR) is 89.0 cm³/mol. The number of nitrogens with zero attached hydrogens (tertiary/aromatic N) is 1. The number of ether oxygens (including phenoxy) is 1. The number of amides is 1. The van der Waals surface area contributed by atoms with E-state index in [4.69, 9.17) is 4.74 Å². The van der Waals surface area contributed by atoms with Crippen molar-refractivity contribution in [1.82, 2.24) is 4.90 Å². The maximum absolute atomic E-state index is 12.6. The molecule has 0 unspecified atom stereocenters. The molecule has 1 aromatic heterocycles. The highest BCUT2D eigenvalue weighted by molar-refractivity contribution is 7.10. The highest BCUT2D eigenvalue weighted by atomic mass is 32.1. The largest absolute Gasteiger partial charge is 0.373 e. The second kappa shape index (κ2) is 6.63. The van der Waals surface area contributed by atoms with Crippen LogP contribution in [-0.4, -0.2) is 24.5 Å². The van der Waals surface area contributed by atoms with Gasteiger partial charge >= 0.3 is 0 Å². The van der Waals surface area contributed by atoms with Crippen LogP contribution in [0.5, 0.6) is 0 Å². The Morgan fingerprint density at radius 3 is 2.91 bits per heavy atom. The summed E-state index contributed by atoms with van der Waals surface area (Å²) in [5.41, 5.74) is 2.35. The minimum Gasteiger partial charge on any atom is -0.373 e. The van der Waals surface area contributed by atoms with Crippen LogP contribution in [0.15, 0.2) is 41.8 Å². The van der Waals surface area contributed by atoms with Gasteiger partial charge in [0.15, 0.2) is 0 Å². The van der Waals surface area contributed by atoms with Crippen molar-refractivity contribution < 1.29 is 9.53 Å². The van der Waals surface area contributed by atoms with Gasteiger partial charge in [-0.3, -0.25) is 4.79 Å². The molecule has 4 heteroatoms. The van der Waals surface area contributed by atoms with Crippen LogP contribution in [0.4, 0.5) is 0 Å². The number of carbonyl (C=O) groups excluding carboxylic acids is 1. The van der Waals surface area contributed by atoms with E-state index in [1.165, 1.54) is 10.4 Å². The van der Waals surface area contributed by atoms with Crippen LogP contribution in [0.25, 0.3) is 0 Å². The van der Waals surface area contributed by atoms with Gasteiger partial charge in [-0.15, -0.1) is 11.3 Å². The molecule has 3 rings (SSSR count). The zero-order valence-electron chi connectivity index (χ0n) is 13.0. The molecular formula is C18H21NO2S. The van der Waals surface area contributed by atoms with Gasteiger partial charge in [-0.25, -0.2) is 0 Å². The van der Waals surface area contributed by atoms with Gasteiger partial charge in [0.25, 0.3) is 0 Å². The molecule has 0 bridgehead atoms. The highest BCUT2D eigenvalue weighted by Crippen LogP contribution is 2.34. The maximum Gasteiger partial charge on any atom is 0.225 e. The third kappa shape index (κ3) is 3.08. The molecule has 1 aliphatic heterocycles. The number of carbonyl (C=O) groups is 1. The van der Waals surface area contributed by atoms with Crippen molar-refractivity contribution in [3.05, 3.63) is 57.8 Å². The summed E-state index contributed by atoms with van der Waals surface area (Å²) in [7, 11) is 1.87. The lowest BCUT2D eigenvalue weighted by Crippen LogP contribution is -2.31. The standard InChI is InChI=1S/C18H21NO2S/c1-13(14-6-4-3-5-7-14)19(2)18(20)12-16-15-9-11-22-17(15)8-10-21-16/h3-7,9,11,13,16H,8,10,12H2,1-2H3/t13-,16-/m0/s1. The molecule has 2 aromatic rings. The summed E-state index contributed by atoms with van der Waals surface area (Å²) in [5.74, 6) is 0.125. The van der Waals surface area contributed by atoms with Crippen molar-refractivity contribution >= 4 is 17.2 Å². The number of rotatable bonds is 4. The fourth-order valence-electron chi connectivity index (χ4n) is 2.87. The molecule has 0 aliphatic carbocycles. The Labute approximate surface area is 135 Å². The van der Waals surface area contributed by atoms with Crippen molar-refractivity contribution in [2.75, 3.05) is 13.7 Å². The number of hydrogen-bond donors (Lipinski definition) is 0. The Morgan fingerprint density at radius 2 is 2.14 bits per heavy atom. The van der Waals surface area contributed by atoms with Crippen molar-refractivity contribution in [2.45, 2.75) is 31.9 Å². The molecule has 3 nitrogen and oxygen atoms in total. The van der Waals surface area contributed by atoms with Crippen LogP contribution >= 0.6 is 11.3 Å². The van der Waals surface area contributed by atoms with Crippen molar-refractivity contribution in [1.29, 1.82) is 0 Å². The normalized spacial score (nSPS) is 18.5. The van der Waals surface area contributed by atoms with Crippen molar-refractivity contribution in [3.8, 4) is 0 Å². The minimum atomic E-state index is -0.0899. The van der Waals surface area contributed by atoms with Crippen LogP contribution in [0.1, 0.15) is 41.5 Å². The number of thiophene rings is 1. The van der Waals surface area contributed by atoms with E-state index >= 15 is 0 Å². The number of hydrogen-bond acceptors (Lipinski definition) is 3. The SMILES string of the molecule is C[C@@H](c1ccccc1)N(C)C(=O)C[C@@H]1OCCc2sccc21.